The van der Waals surface area contributed by atoms with Gasteiger partial charge in [-0.05, 0) is 53.5 Å². The minimum Gasteiger partial charge on any atom is -0.344 e. The van der Waals surface area contributed by atoms with E-state index in [0.717, 1.165) is 10.4 Å². The average molecular weight is 448 g/mol. The highest BCUT2D eigenvalue weighted by molar-refractivity contribution is 7.10. The Morgan fingerprint density at radius 1 is 1.00 bits per heavy atom. The number of nitrogens with one attached hydrogen (secondary N) is 1. The first-order chi connectivity index (χ1) is 15.5. The van der Waals surface area contributed by atoms with Crippen LogP contribution in [0.2, 0.25) is 0 Å². The van der Waals surface area contributed by atoms with Crippen LogP contribution in [0.5, 0.6) is 0 Å². The topological polar surface area (TPSA) is 62.3 Å². The molecule has 1 fully saturated rings. The third-order valence-electron chi connectivity index (χ3n) is 6.13. The van der Waals surface area contributed by atoms with Crippen molar-refractivity contribution in [1.82, 2.24) is 15.2 Å². The summed E-state index contributed by atoms with van der Waals surface area (Å²) in [6.45, 7) is 5.54. The molecule has 1 atom stereocenters. The van der Waals surface area contributed by atoms with Gasteiger partial charge in [0.05, 0.1) is 6.04 Å². The van der Waals surface area contributed by atoms with Crippen LogP contribution in [0, 0.1) is 5.92 Å². The van der Waals surface area contributed by atoms with Crippen LogP contribution in [-0.4, -0.2) is 34.8 Å². The standard InChI is InChI=1S/C26H29N3O2S/c1-18(2)19-5-7-20(8-6-19)24(23-4-3-17-32-23)28-25(30)21-11-15-29(16-12-21)26(31)22-9-13-27-14-10-22/h3-10,13-14,17-18,21,24H,11-12,15-16H2,1-2H3,(H,28,30)/t24-/m1/s1. The van der Waals surface area contributed by atoms with Gasteiger partial charge in [-0.25, -0.2) is 0 Å². The summed E-state index contributed by atoms with van der Waals surface area (Å²) in [5, 5.41) is 5.33. The second kappa shape index (κ2) is 10.1. The molecule has 0 saturated carbocycles. The number of carbonyl (C=O) groups is 2. The summed E-state index contributed by atoms with van der Waals surface area (Å²) in [7, 11) is 0. The van der Waals surface area contributed by atoms with Crippen molar-refractivity contribution in [1.29, 1.82) is 0 Å². The first-order valence-corrected chi connectivity index (χ1v) is 12.0. The number of likely N-dealkylation sites (tertiary alicyclic amines) is 1. The Balaban J connectivity index is 1.41. The van der Waals surface area contributed by atoms with Gasteiger partial charge in [-0.1, -0.05) is 44.2 Å². The Labute approximate surface area is 193 Å². The van der Waals surface area contributed by atoms with Crippen molar-refractivity contribution >= 4 is 23.2 Å². The number of amides is 2. The van der Waals surface area contributed by atoms with Crippen molar-refractivity contribution in [3.63, 3.8) is 0 Å². The summed E-state index contributed by atoms with van der Waals surface area (Å²) in [5.41, 5.74) is 3.03. The summed E-state index contributed by atoms with van der Waals surface area (Å²) < 4.78 is 0. The first-order valence-electron chi connectivity index (χ1n) is 11.2. The van der Waals surface area contributed by atoms with E-state index in [2.05, 4.69) is 54.5 Å². The number of thiophene rings is 1. The number of carbonyl (C=O) groups excluding carboxylic acids is 2. The molecule has 1 aromatic carbocycles. The van der Waals surface area contributed by atoms with E-state index in [1.54, 1.807) is 35.9 Å². The van der Waals surface area contributed by atoms with Crippen molar-refractivity contribution in [2.45, 2.75) is 38.6 Å². The Morgan fingerprint density at radius 2 is 1.66 bits per heavy atom. The van der Waals surface area contributed by atoms with Crippen molar-refractivity contribution in [2.24, 2.45) is 5.92 Å². The number of nitrogens with zero attached hydrogens (tertiary/aromatic N) is 2. The third-order valence-corrected chi connectivity index (χ3v) is 7.07. The molecule has 0 aliphatic carbocycles. The zero-order valence-corrected chi connectivity index (χ0v) is 19.3. The summed E-state index contributed by atoms with van der Waals surface area (Å²) in [5.74, 6) is 0.452. The van der Waals surface area contributed by atoms with Crippen molar-refractivity contribution in [2.75, 3.05) is 13.1 Å². The highest BCUT2D eigenvalue weighted by atomic mass is 32.1. The monoisotopic (exact) mass is 447 g/mol. The zero-order chi connectivity index (χ0) is 22.5. The molecule has 0 radical (unpaired) electrons. The lowest BCUT2D eigenvalue weighted by molar-refractivity contribution is -0.126. The molecular formula is C26H29N3O2S. The fraction of sp³-hybridized carbons (Fsp3) is 0.346. The fourth-order valence-electron chi connectivity index (χ4n) is 4.13. The molecular weight excluding hydrogens is 418 g/mol. The van der Waals surface area contributed by atoms with Crippen LogP contribution in [0.3, 0.4) is 0 Å². The third kappa shape index (κ3) is 5.07. The van der Waals surface area contributed by atoms with E-state index in [1.807, 2.05) is 16.3 Å². The van der Waals surface area contributed by atoms with Gasteiger partial charge in [0.1, 0.15) is 0 Å². The minimum atomic E-state index is -0.153. The Bertz CT molecular complexity index is 1020. The van der Waals surface area contributed by atoms with Gasteiger partial charge in [-0.15, -0.1) is 11.3 Å². The van der Waals surface area contributed by atoms with Crippen molar-refractivity contribution < 1.29 is 9.59 Å². The highest BCUT2D eigenvalue weighted by Crippen LogP contribution is 2.29. The normalized spacial score (nSPS) is 15.5. The quantitative estimate of drug-likeness (QED) is 0.577. The average Bonchev–Trinajstić information content (AvgIpc) is 3.37. The van der Waals surface area contributed by atoms with Crippen LogP contribution in [0.4, 0.5) is 0 Å². The second-order valence-corrected chi connectivity index (χ2v) is 9.56. The Hall–Kier alpha value is -2.99. The largest absolute Gasteiger partial charge is 0.344 e. The van der Waals surface area contributed by atoms with Gasteiger partial charge in [-0.3, -0.25) is 14.6 Å². The predicted octanol–water partition coefficient (Wildman–Crippen LogP) is 5.02. The molecule has 0 spiro atoms. The second-order valence-electron chi connectivity index (χ2n) is 8.58. The molecule has 3 aromatic rings. The number of piperidine rings is 1. The van der Waals surface area contributed by atoms with Crippen molar-refractivity contribution in [3.8, 4) is 0 Å². The molecule has 3 heterocycles. The molecule has 4 rings (SSSR count). The predicted molar refractivity (Wildman–Crippen MR) is 128 cm³/mol. The van der Waals surface area contributed by atoms with Gasteiger partial charge < -0.3 is 10.2 Å². The van der Waals surface area contributed by atoms with Crippen LogP contribution in [-0.2, 0) is 4.79 Å². The van der Waals surface area contributed by atoms with Gasteiger partial charge in [0.15, 0.2) is 0 Å². The summed E-state index contributed by atoms with van der Waals surface area (Å²) in [4.78, 5) is 32.8. The first kappa shape index (κ1) is 22.2. The van der Waals surface area contributed by atoms with E-state index < -0.39 is 0 Å². The molecule has 0 bridgehead atoms. The van der Waals surface area contributed by atoms with E-state index in [-0.39, 0.29) is 23.8 Å². The number of aromatic nitrogens is 1. The molecule has 1 aliphatic heterocycles. The molecule has 1 N–H and O–H groups in total. The van der Waals surface area contributed by atoms with Gasteiger partial charge in [-0.2, -0.15) is 0 Å². The molecule has 2 aromatic heterocycles. The lowest BCUT2D eigenvalue weighted by Crippen LogP contribution is -2.43. The fourth-order valence-corrected chi connectivity index (χ4v) is 4.93. The van der Waals surface area contributed by atoms with E-state index >= 15 is 0 Å². The maximum absolute atomic E-state index is 13.2. The van der Waals surface area contributed by atoms with Crippen LogP contribution in [0.15, 0.2) is 66.3 Å². The summed E-state index contributed by atoms with van der Waals surface area (Å²) >= 11 is 1.65. The number of rotatable bonds is 6. The minimum absolute atomic E-state index is 0.00737. The van der Waals surface area contributed by atoms with Gasteiger partial charge >= 0.3 is 0 Å². The Morgan fingerprint density at radius 3 is 2.25 bits per heavy atom. The molecule has 6 heteroatoms. The molecule has 1 aliphatic rings. The van der Waals surface area contributed by atoms with E-state index in [4.69, 9.17) is 0 Å². The van der Waals surface area contributed by atoms with Gasteiger partial charge in [0.25, 0.3) is 5.91 Å². The van der Waals surface area contributed by atoms with Crippen LogP contribution < -0.4 is 5.32 Å². The van der Waals surface area contributed by atoms with Crippen LogP contribution >= 0.6 is 11.3 Å². The molecule has 32 heavy (non-hydrogen) atoms. The molecule has 5 nitrogen and oxygen atoms in total. The highest BCUT2D eigenvalue weighted by Gasteiger charge is 2.29. The number of benzene rings is 1. The van der Waals surface area contributed by atoms with Gasteiger partial charge in [0.2, 0.25) is 5.91 Å². The smallest absolute Gasteiger partial charge is 0.253 e. The summed E-state index contributed by atoms with van der Waals surface area (Å²) in [6, 6.07) is 15.9. The number of hydrogen-bond donors (Lipinski definition) is 1. The van der Waals surface area contributed by atoms with E-state index in [9.17, 15) is 9.59 Å². The van der Waals surface area contributed by atoms with Gasteiger partial charge in [0, 0.05) is 41.8 Å². The summed E-state index contributed by atoms with van der Waals surface area (Å²) in [6.07, 6.45) is 4.61. The zero-order valence-electron chi connectivity index (χ0n) is 18.5. The SMILES string of the molecule is CC(C)c1ccc([C@@H](NC(=O)C2CCN(C(=O)c3ccncc3)CC2)c2cccs2)cc1. The lowest BCUT2D eigenvalue weighted by Gasteiger charge is -2.32. The lowest BCUT2D eigenvalue weighted by atomic mass is 9.94. The number of pyridine rings is 1. The molecule has 2 amide bonds. The Kier molecular flexibility index (Phi) is 7.00. The number of hydrogen-bond acceptors (Lipinski definition) is 4. The van der Waals surface area contributed by atoms with Crippen LogP contribution in [0.1, 0.15) is 65.0 Å². The maximum Gasteiger partial charge on any atom is 0.253 e. The van der Waals surface area contributed by atoms with Crippen molar-refractivity contribution in [3.05, 3.63) is 87.9 Å². The molecule has 166 valence electrons. The van der Waals surface area contributed by atoms with E-state index in [1.165, 1.54) is 5.56 Å². The molecule has 0 unspecified atom stereocenters. The maximum atomic E-state index is 13.2. The molecule has 1 saturated heterocycles. The van der Waals surface area contributed by atoms with E-state index in [0.29, 0.717) is 37.4 Å². The van der Waals surface area contributed by atoms with Crippen LogP contribution in [0.25, 0.3) is 0 Å².